The molecular weight excluding hydrogens is 205 g/mol. The molecule has 1 rings (SSSR count). The molecule has 0 aromatic heterocycles. The third-order valence-electron chi connectivity index (χ3n) is 1.79. The average Bonchev–Trinajstić information content (AvgIpc) is 2.16. The Morgan fingerprint density at radius 2 is 1.93 bits per heavy atom. The van der Waals surface area contributed by atoms with Crippen molar-refractivity contribution in [3.63, 3.8) is 0 Å². The normalized spacial score (nSPS) is 10.2. The number of rotatable bonds is 4. The van der Waals surface area contributed by atoms with E-state index in [1.54, 1.807) is 0 Å². The van der Waals surface area contributed by atoms with Crippen LogP contribution in [0, 0.1) is 11.6 Å². The lowest BCUT2D eigenvalue weighted by atomic mass is 9.80. The van der Waals surface area contributed by atoms with Crippen LogP contribution in [0.15, 0.2) is 12.1 Å². The Labute approximate surface area is 86.5 Å². The summed E-state index contributed by atoms with van der Waals surface area (Å²) in [5, 5.41) is 17.6. The smallest absolute Gasteiger partial charge is 0.491 e. The number of halogens is 2. The minimum absolute atomic E-state index is 0.179. The van der Waals surface area contributed by atoms with Gasteiger partial charge < -0.3 is 14.8 Å². The van der Waals surface area contributed by atoms with Crippen molar-refractivity contribution < 1.29 is 23.6 Å². The van der Waals surface area contributed by atoms with E-state index in [-0.39, 0.29) is 12.4 Å². The number of ether oxygens (including phenoxy) is 1. The van der Waals surface area contributed by atoms with E-state index < -0.39 is 24.2 Å². The topological polar surface area (TPSA) is 49.7 Å². The number of benzene rings is 1. The van der Waals surface area contributed by atoms with Gasteiger partial charge in [-0.1, -0.05) is 6.92 Å². The summed E-state index contributed by atoms with van der Waals surface area (Å²) in [6, 6.07) is 1.52. The van der Waals surface area contributed by atoms with Gasteiger partial charge in [-0.2, -0.15) is 0 Å². The van der Waals surface area contributed by atoms with Crippen molar-refractivity contribution in [3.8, 4) is 5.75 Å². The van der Waals surface area contributed by atoms with Gasteiger partial charge >= 0.3 is 7.12 Å². The van der Waals surface area contributed by atoms with Gasteiger partial charge in [0.15, 0.2) is 11.6 Å². The third-order valence-corrected chi connectivity index (χ3v) is 1.79. The first kappa shape index (κ1) is 11.9. The molecule has 1 aromatic carbocycles. The lowest BCUT2D eigenvalue weighted by molar-refractivity contribution is 0.300. The van der Waals surface area contributed by atoms with Crippen molar-refractivity contribution in [2.75, 3.05) is 6.61 Å². The third kappa shape index (κ3) is 2.90. The lowest BCUT2D eigenvalue weighted by Crippen LogP contribution is -2.33. The Morgan fingerprint density at radius 1 is 1.27 bits per heavy atom. The van der Waals surface area contributed by atoms with Crippen molar-refractivity contribution in [1.82, 2.24) is 0 Å². The van der Waals surface area contributed by atoms with E-state index in [4.69, 9.17) is 14.8 Å². The molecule has 82 valence electrons. The molecule has 1 aromatic rings. The van der Waals surface area contributed by atoms with Gasteiger partial charge in [-0.05, 0) is 12.5 Å². The Kier molecular flexibility index (Phi) is 4.05. The second-order valence-electron chi connectivity index (χ2n) is 3.03. The van der Waals surface area contributed by atoms with Crippen LogP contribution in [0.1, 0.15) is 13.3 Å². The highest BCUT2D eigenvalue weighted by molar-refractivity contribution is 6.58. The van der Waals surface area contributed by atoms with Gasteiger partial charge in [0.25, 0.3) is 0 Å². The van der Waals surface area contributed by atoms with Crippen LogP contribution in [0.2, 0.25) is 0 Å². The molecule has 0 saturated heterocycles. The Balaban J connectivity index is 3.00. The zero-order valence-electron chi connectivity index (χ0n) is 8.20. The first-order valence-corrected chi connectivity index (χ1v) is 4.54. The maximum absolute atomic E-state index is 13.1. The molecular formula is C9H11BF2O3. The second kappa shape index (κ2) is 5.09. The first-order valence-electron chi connectivity index (χ1n) is 4.54. The van der Waals surface area contributed by atoms with Gasteiger partial charge in [0, 0.05) is 11.5 Å². The van der Waals surface area contributed by atoms with E-state index in [0.717, 1.165) is 6.07 Å². The van der Waals surface area contributed by atoms with Crippen molar-refractivity contribution in [2.24, 2.45) is 0 Å². The van der Waals surface area contributed by atoms with Crippen LogP contribution in [0.3, 0.4) is 0 Å². The van der Waals surface area contributed by atoms with Gasteiger partial charge in [-0.25, -0.2) is 8.78 Å². The molecule has 0 atom stereocenters. The van der Waals surface area contributed by atoms with Crippen LogP contribution < -0.4 is 10.2 Å². The maximum Gasteiger partial charge on any atom is 0.491 e. The molecule has 2 N–H and O–H groups in total. The summed E-state index contributed by atoms with van der Waals surface area (Å²) < 4.78 is 31.0. The highest BCUT2D eigenvalue weighted by atomic mass is 19.1. The van der Waals surface area contributed by atoms with Crippen LogP contribution in [0.5, 0.6) is 5.75 Å². The number of hydrogen-bond donors (Lipinski definition) is 2. The fourth-order valence-corrected chi connectivity index (χ4v) is 1.07. The van der Waals surface area contributed by atoms with E-state index in [1.807, 2.05) is 6.92 Å². The molecule has 3 nitrogen and oxygen atoms in total. The summed E-state index contributed by atoms with van der Waals surface area (Å²) in [4.78, 5) is 0. The molecule has 0 aliphatic carbocycles. The molecule has 0 fully saturated rings. The molecule has 0 spiro atoms. The molecule has 0 bridgehead atoms. The molecule has 6 heteroatoms. The predicted octanol–water partition coefficient (Wildman–Crippen LogP) is 0.433. The summed E-state index contributed by atoms with van der Waals surface area (Å²) in [5.41, 5.74) is -0.400. The quantitative estimate of drug-likeness (QED) is 0.717. The first-order chi connectivity index (χ1) is 7.06. The fourth-order valence-electron chi connectivity index (χ4n) is 1.07. The lowest BCUT2D eigenvalue weighted by Gasteiger charge is -2.08. The van der Waals surface area contributed by atoms with Gasteiger partial charge in [-0.3, -0.25) is 0 Å². The van der Waals surface area contributed by atoms with Gasteiger partial charge in [0.2, 0.25) is 0 Å². The molecule has 0 radical (unpaired) electrons. The highest BCUT2D eigenvalue weighted by Gasteiger charge is 2.20. The minimum atomic E-state index is -1.98. The molecule has 0 heterocycles. The molecule has 15 heavy (non-hydrogen) atoms. The van der Waals surface area contributed by atoms with E-state index >= 15 is 0 Å². The Morgan fingerprint density at radius 3 is 2.47 bits per heavy atom. The maximum atomic E-state index is 13.1. The summed E-state index contributed by atoms with van der Waals surface area (Å²) in [7, 11) is -1.98. The molecule has 0 aliphatic rings. The van der Waals surface area contributed by atoms with E-state index in [1.165, 1.54) is 0 Å². The van der Waals surface area contributed by atoms with Crippen molar-refractivity contribution in [3.05, 3.63) is 23.8 Å². The van der Waals surface area contributed by atoms with Crippen LogP contribution in [-0.4, -0.2) is 23.8 Å². The Hall–Kier alpha value is -1.14. The van der Waals surface area contributed by atoms with Gasteiger partial charge in [0.1, 0.15) is 5.82 Å². The van der Waals surface area contributed by atoms with E-state index in [2.05, 4.69) is 0 Å². The standard InChI is InChI=1S/C9H11BF2O3/c1-2-3-15-9-4-6(10(13)14)7(11)5-8(9)12/h4-5,13-14H,2-3H2,1H3. The van der Waals surface area contributed by atoms with E-state index in [9.17, 15) is 8.78 Å². The van der Waals surface area contributed by atoms with Crippen LogP contribution in [0.4, 0.5) is 8.78 Å². The monoisotopic (exact) mass is 216 g/mol. The minimum Gasteiger partial charge on any atom is -0.491 e. The van der Waals surface area contributed by atoms with Crippen molar-refractivity contribution in [2.45, 2.75) is 13.3 Å². The summed E-state index contributed by atoms with van der Waals surface area (Å²) in [5.74, 6) is -2.04. The largest absolute Gasteiger partial charge is 0.491 e. The zero-order valence-corrected chi connectivity index (χ0v) is 8.20. The van der Waals surface area contributed by atoms with Gasteiger partial charge in [-0.15, -0.1) is 0 Å². The summed E-state index contributed by atoms with van der Waals surface area (Å²) >= 11 is 0. The number of hydrogen-bond acceptors (Lipinski definition) is 3. The summed E-state index contributed by atoms with van der Waals surface area (Å²) in [6.07, 6.45) is 0.674. The highest BCUT2D eigenvalue weighted by Crippen LogP contribution is 2.16. The summed E-state index contributed by atoms with van der Waals surface area (Å²) in [6.45, 7) is 2.12. The van der Waals surface area contributed by atoms with E-state index in [0.29, 0.717) is 12.5 Å². The average molecular weight is 216 g/mol. The predicted molar refractivity (Wildman–Crippen MR) is 52.0 cm³/mol. The fraction of sp³-hybridized carbons (Fsp3) is 0.333. The Bertz CT molecular complexity index is 344. The second-order valence-corrected chi connectivity index (χ2v) is 3.03. The van der Waals surface area contributed by atoms with Gasteiger partial charge in [0.05, 0.1) is 6.61 Å². The van der Waals surface area contributed by atoms with Crippen LogP contribution in [0.25, 0.3) is 0 Å². The van der Waals surface area contributed by atoms with Crippen LogP contribution in [-0.2, 0) is 0 Å². The van der Waals surface area contributed by atoms with Crippen molar-refractivity contribution >= 4 is 12.6 Å². The molecule has 0 unspecified atom stereocenters. The molecule has 0 aliphatic heterocycles. The van der Waals surface area contributed by atoms with Crippen LogP contribution >= 0.6 is 0 Å². The SMILES string of the molecule is CCCOc1cc(B(O)O)c(F)cc1F. The molecule has 0 amide bonds. The molecule has 0 saturated carbocycles. The zero-order chi connectivity index (χ0) is 11.4. The van der Waals surface area contributed by atoms with Crippen molar-refractivity contribution in [1.29, 1.82) is 0 Å².